The predicted octanol–water partition coefficient (Wildman–Crippen LogP) is 8.39. The van der Waals surface area contributed by atoms with Gasteiger partial charge in [-0.2, -0.15) is 13.2 Å². The zero-order valence-corrected chi connectivity index (χ0v) is 22.5. The molecule has 206 valence electrons. The van der Waals surface area contributed by atoms with Crippen molar-refractivity contribution in [2.24, 2.45) is 4.99 Å². The number of para-hydroxylation sites is 1. The third kappa shape index (κ3) is 5.66. The Labute approximate surface area is 236 Å². The molecule has 7 heteroatoms. The van der Waals surface area contributed by atoms with Crippen LogP contribution in [0.2, 0.25) is 0 Å². The third-order valence-corrected chi connectivity index (χ3v) is 7.24. The first-order chi connectivity index (χ1) is 19.9. The summed E-state index contributed by atoms with van der Waals surface area (Å²) in [5, 5.41) is 0.450. The molecule has 0 unspecified atom stereocenters. The number of hydrogen-bond donors (Lipinski definition) is 0. The molecule has 4 nitrogen and oxygen atoms in total. The molecule has 0 radical (unpaired) electrons. The Bertz CT molecular complexity index is 1730. The highest BCUT2D eigenvalue weighted by Gasteiger charge is 2.33. The molecule has 0 saturated heterocycles. The van der Waals surface area contributed by atoms with Gasteiger partial charge in [-0.25, -0.2) is 0 Å². The van der Waals surface area contributed by atoms with Crippen molar-refractivity contribution in [3.05, 3.63) is 126 Å². The van der Waals surface area contributed by atoms with Crippen LogP contribution in [0.15, 0.2) is 108 Å². The number of alkyl halides is 3. The van der Waals surface area contributed by atoms with Crippen molar-refractivity contribution in [3.63, 3.8) is 0 Å². The quantitative estimate of drug-likeness (QED) is 0.213. The summed E-state index contributed by atoms with van der Waals surface area (Å²) in [6.07, 6.45) is -1.39. The maximum atomic E-state index is 13.9. The van der Waals surface area contributed by atoms with Gasteiger partial charge in [0.05, 0.1) is 11.1 Å². The zero-order chi connectivity index (χ0) is 28.4. The summed E-state index contributed by atoms with van der Waals surface area (Å²) in [4.78, 5) is 11.1. The number of aliphatic imine (C=N–C) groups is 1. The molecule has 1 aliphatic heterocycles. The first kappa shape index (κ1) is 26.6. The van der Waals surface area contributed by atoms with Crippen molar-refractivity contribution in [2.75, 3.05) is 20.1 Å². The first-order valence-electron chi connectivity index (χ1n) is 13.5. The van der Waals surface area contributed by atoms with Crippen LogP contribution in [0.25, 0.3) is 22.0 Å². The molecule has 0 N–H and O–H groups in total. The summed E-state index contributed by atoms with van der Waals surface area (Å²) >= 11 is 0. The topological polar surface area (TPSA) is 37.7 Å². The number of nitrogens with zero attached hydrogens (tertiary/aromatic N) is 3. The fraction of sp³-hybridized carbons (Fsp3) is 0.176. The summed E-state index contributed by atoms with van der Waals surface area (Å²) < 4.78 is 48.1. The van der Waals surface area contributed by atoms with Crippen LogP contribution in [-0.4, -0.2) is 35.9 Å². The average molecular weight is 552 g/mol. The van der Waals surface area contributed by atoms with Crippen molar-refractivity contribution in [3.8, 4) is 22.6 Å². The molecular weight excluding hydrogens is 523 g/mol. The summed E-state index contributed by atoms with van der Waals surface area (Å²) in [7, 11) is 2.03. The van der Waals surface area contributed by atoms with Gasteiger partial charge in [0.1, 0.15) is 17.3 Å². The number of benzene rings is 4. The van der Waals surface area contributed by atoms with Gasteiger partial charge in [0, 0.05) is 37.3 Å². The lowest BCUT2D eigenvalue weighted by Crippen LogP contribution is -2.32. The molecule has 2 heterocycles. The number of halogens is 3. The van der Waals surface area contributed by atoms with E-state index in [0.717, 1.165) is 53.7 Å². The summed E-state index contributed by atoms with van der Waals surface area (Å²) in [6, 6.07) is 29.4. The third-order valence-electron chi connectivity index (χ3n) is 7.24. The molecular formula is C34H28F3N3O. The van der Waals surface area contributed by atoms with E-state index < -0.39 is 11.7 Å². The molecule has 0 saturated carbocycles. The minimum atomic E-state index is -4.52. The van der Waals surface area contributed by atoms with Crippen LogP contribution in [-0.2, 0) is 12.6 Å². The Hall–Kier alpha value is -4.65. The fourth-order valence-electron chi connectivity index (χ4n) is 5.36. The lowest BCUT2D eigenvalue weighted by molar-refractivity contribution is -0.136. The monoisotopic (exact) mass is 551 g/mol. The second kappa shape index (κ2) is 11.1. The number of aromatic nitrogens is 1. The van der Waals surface area contributed by atoms with E-state index in [9.17, 15) is 13.2 Å². The maximum Gasteiger partial charge on any atom is 0.418 e. The van der Waals surface area contributed by atoms with E-state index in [0.29, 0.717) is 28.9 Å². The van der Waals surface area contributed by atoms with Crippen molar-refractivity contribution >= 4 is 16.7 Å². The highest BCUT2D eigenvalue weighted by atomic mass is 19.4. The van der Waals surface area contributed by atoms with Crippen molar-refractivity contribution in [1.82, 2.24) is 9.88 Å². The SMILES string of the molecule is CN1CCCN=C1c1cccc(Oc2cccc(-c3c(Cc4ccccc4)cnc4c(C(F)(F)F)cccc34)c2)c1. The average Bonchev–Trinajstić information content (AvgIpc) is 2.97. The Morgan fingerprint density at radius 1 is 0.829 bits per heavy atom. The van der Waals surface area contributed by atoms with Crippen LogP contribution < -0.4 is 4.74 Å². The van der Waals surface area contributed by atoms with Gasteiger partial charge in [0.25, 0.3) is 0 Å². The second-order valence-corrected chi connectivity index (χ2v) is 10.2. The number of fused-ring (bicyclic) bond motifs is 1. The van der Waals surface area contributed by atoms with Crippen LogP contribution in [0.5, 0.6) is 11.5 Å². The Morgan fingerprint density at radius 2 is 1.54 bits per heavy atom. The van der Waals surface area contributed by atoms with E-state index in [4.69, 9.17) is 4.74 Å². The Balaban J connectivity index is 1.42. The van der Waals surface area contributed by atoms with Gasteiger partial charge in [0.15, 0.2) is 0 Å². The lowest BCUT2D eigenvalue weighted by Gasteiger charge is -2.25. The normalized spacial score (nSPS) is 13.8. The number of ether oxygens (including phenoxy) is 1. The molecule has 0 amide bonds. The molecule has 0 atom stereocenters. The van der Waals surface area contributed by atoms with Crippen molar-refractivity contribution in [1.29, 1.82) is 0 Å². The van der Waals surface area contributed by atoms with Gasteiger partial charge in [-0.05, 0) is 65.4 Å². The fourth-order valence-corrected chi connectivity index (χ4v) is 5.36. The van der Waals surface area contributed by atoms with Crippen LogP contribution in [0.4, 0.5) is 13.2 Å². The van der Waals surface area contributed by atoms with Gasteiger partial charge in [0.2, 0.25) is 0 Å². The molecule has 0 aliphatic carbocycles. The van der Waals surface area contributed by atoms with E-state index >= 15 is 0 Å². The van der Waals surface area contributed by atoms with Crippen LogP contribution >= 0.6 is 0 Å². The minimum Gasteiger partial charge on any atom is -0.457 e. The molecule has 6 rings (SSSR count). The first-order valence-corrected chi connectivity index (χ1v) is 13.5. The van der Waals surface area contributed by atoms with Crippen molar-refractivity contribution < 1.29 is 17.9 Å². The number of rotatable bonds is 6. The second-order valence-electron chi connectivity index (χ2n) is 10.2. The number of hydrogen-bond acceptors (Lipinski definition) is 4. The molecule has 0 spiro atoms. The predicted molar refractivity (Wildman–Crippen MR) is 157 cm³/mol. The highest BCUT2D eigenvalue weighted by molar-refractivity contribution is 5.99. The molecule has 41 heavy (non-hydrogen) atoms. The van der Waals surface area contributed by atoms with Gasteiger partial charge >= 0.3 is 6.18 Å². The van der Waals surface area contributed by atoms with E-state index in [-0.39, 0.29) is 5.52 Å². The van der Waals surface area contributed by atoms with Gasteiger partial charge in [-0.1, -0.05) is 66.7 Å². The Kier molecular flexibility index (Phi) is 7.18. The van der Waals surface area contributed by atoms with Crippen LogP contribution in [0.3, 0.4) is 0 Å². The largest absolute Gasteiger partial charge is 0.457 e. The molecule has 4 aromatic carbocycles. The van der Waals surface area contributed by atoms with Crippen molar-refractivity contribution in [2.45, 2.75) is 19.0 Å². The van der Waals surface area contributed by atoms with E-state index in [1.807, 2.05) is 85.9 Å². The van der Waals surface area contributed by atoms with Gasteiger partial charge < -0.3 is 9.64 Å². The molecule has 5 aromatic rings. The van der Waals surface area contributed by atoms with Crippen LogP contribution in [0.1, 0.15) is 28.7 Å². The number of amidine groups is 1. The Morgan fingerprint density at radius 3 is 2.27 bits per heavy atom. The number of pyridine rings is 1. The summed E-state index contributed by atoms with van der Waals surface area (Å²) in [5.74, 6) is 2.18. The van der Waals surface area contributed by atoms with Gasteiger partial charge in [-0.3, -0.25) is 9.98 Å². The zero-order valence-electron chi connectivity index (χ0n) is 22.5. The van der Waals surface area contributed by atoms with Crippen LogP contribution in [0, 0.1) is 0 Å². The standard InChI is InChI=1S/C34H28F3N3O/c1-40-18-8-17-38-33(40)25-12-6-14-28(21-25)41-27-13-5-11-24(20-27)31-26(19-23-9-3-2-4-10-23)22-39-32-29(31)15-7-16-30(32)34(35,36)37/h2-7,9-16,20-22H,8,17-19H2,1H3. The minimum absolute atomic E-state index is 0.0665. The van der Waals surface area contributed by atoms with Gasteiger partial charge in [-0.15, -0.1) is 0 Å². The van der Waals surface area contributed by atoms with E-state index in [1.165, 1.54) is 6.07 Å². The highest BCUT2D eigenvalue weighted by Crippen LogP contribution is 2.40. The molecule has 1 aliphatic rings. The molecule has 0 fully saturated rings. The van der Waals surface area contributed by atoms with E-state index in [2.05, 4.69) is 14.9 Å². The maximum absolute atomic E-state index is 13.9. The van der Waals surface area contributed by atoms with E-state index in [1.54, 1.807) is 12.3 Å². The molecule has 0 bridgehead atoms. The summed E-state index contributed by atoms with van der Waals surface area (Å²) in [5.41, 5.74) is 3.51. The molecule has 1 aromatic heterocycles. The smallest absolute Gasteiger partial charge is 0.418 e. The lowest BCUT2D eigenvalue weighted by atomic mass is 9.92. The summed E-state index contributed by atoms with van der Waals surface area (Å²) in [6.45, 7) is 1.75.